The van der Waals surface area contributed by atoms with E-state index in [0.717, 1.165) is 42.7 Å². The first kappa shape index (κ1) is 16.0. The van der Waals surface area contributed by atoms with E-state index in [-0.39, 0.29) is 12.1 Å². The summed E-state index contributed by atoms with van der Waals surface area (Å²) in [5, 5.41) is 11.0. The molecule has 3 heterocycles. The van der Waals surface area contributed by atoms with Crippen molar-refractivity contribution in [2.45, 2.75) is 50.4 Å². The lowest BCUT2D eigenvalue weighted by Gasteiger charge is -2.42. The molecule has 4 atom stereocenters. The molecule has 5 rings (SSSR count). The topological polar surface area (TPSA) is 52.1 Å². The van der Waals surface area contributed by atoms with Crippen LogP contribution in [0, 0.1) is 5.92 Å². The molecule has 2 aliphatic rings. The van der Waals surface area contributed by atoms with Crippen LogP contribution in [0.1, 0.15) is 30.7 Å². The SMILES string of the molecule is O[C@H]1C(Cc2ccccc2)CC2CCC1N2Cc1nc2ccccc2[nH]1. The third kappa shape index (κ3) is 2.83. The first-order valence-corrected chi connectivity index (χ1v) is 9.69. The molecule has 2 N–H and O–H groups in total. The quantitative estimate of drug-likeness (QED) is 0.759. The number of aromatic amines is 1. The van der Waals surface area contributed by atoms with Crippen molar-refractivity contribution in [3.05, 3.63) is 66.0 Å². The maximum atomic E-state index is 11.0. The third-order valence-electron chi connectivity index (χ3n) is 6.25. The molecule has 26 heavy (non-hydrogen) atoms. The number of fused-ring (bicyclic) bond motifs is 3. The fourth-order valence-electron chi connectivity index (χ4n) is 5.01. The molecular formula is C22H25N3O. The van der Waals surface area contributed by atoms with Crippen molar-refractivity contribution in [1.82, 2.24) is 14.9 Å². The first-order chi connectivity index (χ1) is 12.8. The highest BCUT2D eigenvalue weighted by atomic mass is 16.3. The Balaban J connectivity index is 1.33. The number of nitrogens with one attached hydrogen (secondary N) is 1. The van der Waals surface area contributed by atoms with Crippen molar-refractivity contribution in [2.75, 3.05) is 0 Å². The molecule has 3 unspecified atom stereocenters. The van der Waals surface area contributed by atoms with Crippen LogP contribution in [0.25, 0.3) is 11.0 Å². The van der Waals surface area contributed by atoms with E-state index in [1.807, 2.05) is 18.2 Å². The highest BCUT2D eigenvalue weighted by molar-refractivity contribution is 5.74. The summed E-state index contributed by atoms with van der Waals surface area (Å²) >= 11 is 0. The van der Waals surface area contributed by atoms with Crippen LogP contribution < -0.4 is 0 Å². The Labute approximate surface area is 153 Å². The lowest BCUT2D eigenvalue weighted by Crippen LogP contribution is -2.51. The lowest BCUT2D eigenvalue weighted by molar-refractivity contribution is -0.0328. The van der Waals surface area contributed by atoms with Crippen LogP contribution >= 0.6 is 0 Å². The molecule has 0 radical (unpaired) electrons. The van der Waals surface area contributed by atoms with Gasteiger partial charge >= 0.3 is 0 Å². The van der Waals surface area contributed by atoms with Gasteiger partial charge in [-0.2, -0.15) is 0 Å². The minimum Gasteiger partial charge on any atom is -0.391 e. The number of benzene rings is 2. The predicted octanol–water partition coefficient (Wildman–Crippen LogP) is 3.52. The van der Waals surface area contributed by atoms with E-state index in [4.69, 9.17) is 4.98 Å². The second-order valence-electron chi connectivity index (χ2n) is 7.85. The lowest BCUT2D eigenvalue weighted by atomic mass is 9.83. The Morgan fingerprint density at radius 1 is 1.04 bits per heavy atom. The zero-order valence-electron chi connectivity index (χ0n) is 14.9. The summed E-state index contributed by atoms with van der Waals surface area (Å²) in [6, 6.07) is 19.6. The monoisotopic (exact) mass is 347 g/mol. The van der Waals surface area contributed by atoms with Gasteiger partial charge in [0.25, 0.3) is 0 Å². The van der Waals surface area contributed by atoms with E-state index < -0.39 is 0 Å². The summed E-state index contributed by atoms with van der Waals surface area (Å²) in [5.41, 5.74) is 3.45. The molecule has 0 amide bonds. The standard InChI is InChI=1S/C22H25N3O/c26-22-16(12-15-6-2-1-3-7-15)13-17-10-11-20(22)25(17)14-21-23-18-8-4-5-9-19(18)24-21/h1-9,16-17,20,22,26H,10-14H2,(H,23,24)/t16?,17?,20?,22-/m0/s1. The summed E-state index contributed by atoms with van der Waals surface area (Å²) < 4.78 is 0. The molecule has 2 fully saturated rings. The number of hydrogen-bond acceptors (Lipinski definition) is 3. The predicted molar refractivity (Wildman–Crippen MR) is 103 cm³/mol. The highest BCUT2D eigenvalue weighted by Crippen LogP contribution is 2.40. The van der Waals surface area contributed by atoms with Gasteiger partial charge < -0.3 is 10.1 Å². The fourth-order valence-corrected chi connectivity index (χ4v) is 5.01. The molecule has 134 valence electrons. The second kappa shape index (κ2) is 6.53. The minimum atomic E-state index is -0.252. The number of piperidine rings is 1. The first-order valence-electron chi connectivity index (χ1n) is 9.69. The van der Waals surface area contributed by atoms with Crippen LogP contribution in [0.4, 0.5) is 0 Å². The van der Waals surface area contributed by atoms with E-state index in [9.17, 15) is 5.11 Å². The van der Waals surface area contributed by atoms with Crippen LogP contribution in [0.15, 0.2) is 54.6 Å². The smallest absolute Gasteiger partial charge is 0.121 e. The summed E-state index contributed by atoms with van der Waals surface area (Å²) in [6.45, 7) is 0.805. The molecule has 2 aliphatic heterocycles. The molecule has 3 aromatic rings. The molecule has 4 heteroatoms. The third-order valence-corrected chi connectivity index (χ3v) is 6.25. The van der Waals surface area contributed by atoms with Gasteiger partial charge in [0.2, 0.25) is 0 Å². The van der Waals surface area contributed by atoms with Crippen LogP contribution in [-0.2, 0) is 13.0 Å². The molecular weight excluding hydrogens is 322 g/mol. The van der Waals surface area contributed by atoms with Gasteiger partial charge in [-0.25, -0.2) is 4.98 Å². The van der Waals surface area contributed by atoms with E-state index in [2.05, 4.69) is 46.3 Å². The normalized spacial score (nSPS) is 28.7. The van der Waals surface area contributed by atoms with Gasteiger partial charge in [-0.3, -0.25) is 4.90 Å². The van der Waals surface area contributed by atoms with Crippen LogP contribution in [0.2, 0.25) is 0 Å². The number of imidazole rings is 1. The number of aliphatic hydroxyl groups is 1. The Morgan fingerprint density at radius 3 is 2.69 bits per heavy atom. The summed E-state index contributed by atoms with van der Waals surface area (Å²) in [5.74, 6) is 1.37. The van der Waals surface area contributed by atoms with Gasteiger partial charge in [-0.1, -0.05) is 42.5 Å². The molecule has 2 aromatic carbocycles. The maximum Gasteiger partial charge on any atom is 0.121 e. The van der Waals surface area contributed by atoms with Crippen LogP contribution in [-0.4, -0.2) is 38.2 Å². The van der Waals surface area contributed by atoms with E-state index in [1.54, 1.807) is 0 Å². The van der Waals surface area contributed by atoms with Crippen LogP contribution in [0.3, 0.4) is 0 Å². The zero-order chi connectivity index (χ0) is 17.5. The van der Waals surface area contributed by atoms with Crippen molar-refractivity contribution >= 4 is 11.0 Å². The maximum absolute atomic E-state index is 11.0. The largest absolute Gasteiger partial charge is 0.391 e. The Bertz CT molecular complexity index is 858. The summed E-state index contributed by atoms with van der Waals surface area (Å²) in [7, 11) is 0. The minimum absolute atomic E-state index is 0.252. The number of nitrogens with zero attached hydrogens (tertiary/aromatic N) is 2. The van der Waals surface area contributed by atoms with Crippen molar-refractivity contribution in [3.63, 3.8) is 0 Å². The Hall–Kier alpha value is -2.17. The number of H-pyrrole nitrogens is 1. The van der Waals surface area contributed by atoms with Crippen molar-refractivity contribution in [3.8, 4) is 0 Å². The van der Waals surface area contributed by atoms with Gasteiger partial charge in [0.1, 0.15) is 5.82 Å². The van der Waals surface area contributed by atoms with E-state index in [0.29, 0.717) is 12.0 Å². The molecule has 4 nitrogen and oxygen atoms in total. The Morgan fingerprint density at radius 2 is 1.85 bits per heavy atom. The Kier molecular flexibility index (Phi) is 4.03. The zero-order valence-corrected chi connectivity index (χ0v) is 14.9. The van der Waals surface area contributed by atoms with Crippen molar-refractivity contribution < 1.29 is 5.11 Å². The van der Waals surface area contributed by atoms with E-state index in [1.165, 1.54) is 12.0 Å². The van der Waals surface area contributed by atoms with Gasteiger partial charge in [0.15, 0.2) is 0 Å². The van der Waals surface area contributed by atoms with Gasteiger partial charge in [-0.15, -0.1) is 0 Å². The average molecular weight is 347 g/mol. The van der Waals surface area contributed by atoms with Gasteiger partial charge in [0.05, 0.1) is 23.7 Å². The molecule has 1 aromatic heterocycles. The summed E-state index contributed by atoms with van der Waals surface area (Å²) in [4.78, 5) is 10.7. The fraction of sp³-hybridized carbons (Fsp3) is 0.409. The molecule has 0 spiro atoms. The molecule has 0 aliphatic carbocycles. The van der Waals surface area contributed by atoms with E-state index >= 15 is 0 Å². The number of aliphatic hydroxyl groups excluding tert-OH is 1. The second-order valence-corrected chi connectivity index (χ2v) is 7.85. The van der Waals surface area contributed by atoms with Gasteiger partial charge in [-0.05, 0) is 49.3 Å². The molecule has 2 bridgehead atoms. The van der Waals surface area contributed by atoms with Crippen molar-refractivity contribution in [1.29, 1.82) is 0 Å². The number of aromatic nitrogens is 2. The van der Waals surface area contributed by atoms with Crippen molar-refractivity contribution in [2.24, 2.45) is 5.92 Å². The molecule has 2 saturated heterocycles. The summed E-state index contributed by atoms with van der Waals surface area (Å²) in [6.07, 6.45) is 4.09. The average Bonchev–Trinajstić information content (AvgIpc) is 3.21. The number of hydrogen-bond donors (Lipinski definition) is 2. The van der Waals surface area contributed by atoms with Crippen LogP contribution in [0.5, 0.6) is 0 Å². The number of para-hydroxylation sites is 2. The van der Waals surface area contributed by atoms with Gasteiger partial charge in [0, 0.05) is 12.1 Å². The number of rotatable bonds is 4. The molecule has 0 saturated carbocycles. The highest BCUT2D eigenvalue weighted by Gasteiger charge is 2.46.